The van der Waals surface area contributed by atoms with Crippen molar-refractivity contribution in [1.82, 2.24) is 4.90 Å². The lowest BCUT2D eigenvalue weighted by molar-refractivity contribution is -0.134. The molecule has 1 unspecified atom stereocenters. The standard InChI is InChI=1S/C13H26N2O2/c1-3-7-15(10-11-5-6-11)13(16)8-12(9-14)17-4-2/h11-12H,3-10,14H2,1-2H3. The number of nitrogens with zero attached hydrogens (tertiary/aromatic N) is 1. The van der Waals surface area contributed by atoms with E-state index in [2.05, 4.69) is 6.92 Å². The first-order valence-electron chi connectivity index (χ1n) is 6.80. The monoisotopic (exact) mass is 242 g/mol. The molecule has 4 nitrogen and oxygen atoms in total. The number of hydrogen-bond donors (Lipinski definition) is 1. The minimum Gasteiger partial charge on any atom is -0.377 e. The molecule has 0 aromatic rings. The van der Waals surface area contributed by atoms with Gasteiger partial charge in [-0.05, 0) is 32.1 Å². The van der Waals surface area contributed by atoms with Crippen molar-refractivity contribution in [1.29, 1.82) is 0 Å². The highest BCUT2D eigenvalue weighted by atomic mass is 16.5. The average molecular weight is 242 g/mol. The second-order valence-electron chi connectivity index (χ2n) is 4.80. The molecule has 1 saturated carbocycles. The Labute approximate surface area is 104 Å². The molecule has 1 rings (SSSR count). The first-order valence-corrected chi connectivity index (χ1v) is 6.80. The van der Waals surface area contributed by atoms with Crippen LogP contribution in [0.1, 0.15) is 39.5 Å². The summed E-state index contributed by atoms with van der Waals surface area (Å²) >= 11 is 0. The first kappa shape index (κ1) is 14.5. The molecule has 1 fully saturated rings. The van der Waals surface area contributed by atoms with Crippen molar-refractivity contribution in [3.63, 3.8) is 0 Å². The van der Waals surface area contributed by atoms with Gasteiger partial charge in [0.15, 0.2) is 0 Å². The van der Waals surface area contributed by atoms with Gasteiger partial charge in [-0.25, -0.2) is 0 Å². The Hall–Kier alpha value is -0.610. The largest absolute Gasteiger partial charge is 0.377 e. The predicted octanol–water partition coefficient (Wildman–Crippen LogP) is 1.39. The molecular formula is C13H26N2O2. The third kappa shape index (κ3) is 5.50. The number of ether oxygens (including phenoxy) is 1. The van der Waals surface area contributed by atoms with E-state index in [1.165, 1.54) is 12.8 Å². The fourth-order valence-electron chi connectivity index (χ4n) is 1.97. The SMILES string of the molecule is CCCN(CC1CC1)C(=O)CC(CN)OCC. The van der Waals surface area contributed by atoms with Crippen LogP contribution < -0.4 is 5.73 Å². The Balaban J connectivity index is 2.38. The molecule has 0 heterocycles. The Bertz CT molecular complexity index is 229. The minimum absolute atomic E-state index is 0.119. The topological polar surface area (TPSA) is 55.6 Å². The molecule has 0 aliphatic heterocycles. The van der Waals surface area contributed by atoms with Crippen molar-refractivity contribution in [3.05, 3.63) is 0 Å². The van der Waals surface area contributed by atoms with Crippen molar-refractivity contribution < 1.29 is 9.53 Å². The van der Waals surface area contributed by atoms with Crippen LogP contribution in [0.2, 0.25) is 0 Å². The molecular weight excluding hydrogens is 216 g/mol. The zero-order valence-electron chi connectivity index (χ0n) is 11.2. The van der Waals surface area contributed by atoms with Gasteiger partial charge < -0.3 is 15.4 Å². The van der Waals surface area contributed by atoms with Crippen LogP contribution in [0.4, 0.5) is 0 Å². The van der Waals surface area contributed by atoms with Gasteiger partial charge in [-0.15, -0.1) is 0 Å². The molecule has 1 atom stereocenters. The Morgan fingerprint density at radius 3 is 2.65 bits per heavy atom. The van der Waals surface area contributed by atoms with Crippen LogP contribution >= 0.6 is 0 Å². The highest BCUT2D eigenvalue weighted by Crippen LogP contribution is 2.30. The van der Waals surface area contributed by atoms with E-state index in [-0.39, 0.29) is 12.0 Å². The maximum Gasteiger partial charge on any atom is 0.225 e. The van der Waals surface area contributed by atoms with E-state index in [4.69, 9.17) is 10.5 Å². The number of nitrogens with two attached hydrogens (primary N) is 1. The smallest absolute Gasteiger partial charge is 0.225 e. The summed E-state index contributed by atoms with van der Waals surface area (Å²) in [5, 5.41) is 0. The number of carbonyl (C=O) groups excluding carboxylic acids is 1. The fourth-order valence-corrected chi connectivity index (χ4v) is 1.97. The summed E-state index contributed by atoms with van der Waals surface area (Å²) in [6, 6.07) is 0. The minimum atomic E-state index is -0.119. The summed E-state index contributed by atoms with van der Waals surface area (Å²) in [7, 11) is 0. The third-order valence-electron chi connectivity index (χ3n) is 3.09. The molecule has 0 bridgehead atoms. The van der Waals surface area contributed by atoms with E-state index in [1.807, 2.05) is 11.8 Å². The van der Waals surface area contributed by atoms with Crippen LogP contribution in [0, 0.1) is 5.92 Å². The second-order valence-corrected chi connectivity index (χ2v) is 4.80. The molecule has 2 N–H and O–H groups in total. The van der Waals surface area contributed by atoms with Crippen LogP contribution in [0.5, 0.6) is 0 Å². The van der Waals surface area contributed by atoms with Crippen LogP contribution in [-0.2, 0) is 9.53 Å². The summed E-state index contributed by atoms with van der Waals surface area (Å²) in [5.74, 6) is 0.941. The molecule has 1 aliphatic rings. The molecule has 0 saturated heterocycles. The molecule has 100 valence electrons. The highest BCUT2D eigenvalue weighted by Gasteiger charge is 2.27. The quantitative estimate of drug-likeness (QED) is 0.664. The number of hydrogen-bond acceptors (Lipinski definition) is 3. The van der Waals surface area contributed by atoms with Gasteiger partial charge in [-0.1, -0.05) is 6.92 Å². The third-order valence-corrected chi connectivity index (χ3v) is 3.09. The molecule has 0 spiro atoms. The van der Waals surface area contributed by atoms with E-state index >= 15 is 0 Å². The highest BCUT2D eigenvalue weighted by molar-refractivity contribution is 5.76. The van der Waals surface area contributed by atoms with E-state index in [0.29, 0.717) is 19.6 Å². The number of rotatable bonds is 9. The molecule has 17 heavy (non-hydrogen) atoms. The summed E-state index contributed by atoms with van der Waals surface area (Å²) in [6.07, 6.45) is 3.88. The van der Waals surface area contributed by atoms with Crippen molar-refractivity contribution >= 4 is 5.91 Å². The maximum atomic E-state index is 12.1. The van der Waals surface area contributed by atoms with Crippen molar-refractivity contribution in [3.8, 4) is 0 Å². The van der Waals surface area contributed by atoms with Crippen LogP contribution in [0.3, 0.4) is 0 Å². The summed E-state index contributed by atoms with van der Waals surface area (Å²) in [4.78, 5) is 14.1. The second kappa shape index (κ2) is 7.67. The van der Waals surface area contributed by atoms with Crippen molar-refractivity contribution in [2.75, 3.05) is 26.2 Å². The summed E-state index contributed by atoms with van der Waals surface area (Å²) < 4.78 is 5.44. The van der Waals surface area contributed by atoms with Gasteiger partial charge in [0.2, 0.25) is 5.91 Å². The van der Waals surface area contributed by atoms with Crippen LogP contribution in [0.25, 0.3) is 0 Å². The van der Waals surface area contributed by atoms with E-state index in [0.717, 1.165) is 25.4 Å². The van der Waals surface area contributed by atoms with E-state index < -0.39 is 0 Å². The normalized spacial score (nSPS) is 16.9. The molecule has 0 aromatic heterocycles. The lowest BCUT2D eigenvalue weighted by Gasteiger charge is -2.24. The molecule has 0 aromatic carbocycles. The lowest BCUT2D eigenvalue weighted by atomic mass is 10.2. The van der Waals surface area contributed by atoms with Gasteiger partial charge in [0.1, 0.15) is 0 Å². The maximum absolute atomic E-state index is 12.1. The zero-order chi connectivity index (χ0) is 12.7. The molecule has 1 aliphatic carbocycles. The van der Waals surface area contributed by atoms with Crippen molar-refractivity contribution in [2.45, 2.75) is 45.6 Å². The van der Waals surface area contributed by atoms with Crippen LogP contribution in [0.15, 0.2) is 0 Å². The fraction of sp³-hybridized carbons (Fsp3) is 0.923. The Morgan fingerprint density at radius 2 is 2.18 bits per heavy atom. The summed E-state index contributed by atoms with van der Waals surface area (Å²) in [6.45, 7) is 6.86. The molecule has 0 radical (unpaired) electrons. The molecule has 4 heteroatoms. The van der Waals surface area contributed by atoms with E-state index in [9.17, 15) is 4.79 Å². The van der Waals surface area contributed by atoms with Crippen LogP contribution in [-0.4, -0.2) is 43.2 Å². The van der Waals surface area contributed by atoms with E-state index in [1.54, 1.807) is 0 Å². The summed E-state index contributed by atoms with van der Waals surface area (Å²) in [5.41, 5.74) is 5.60. The zero-order valence-corrected chi connectivity index (χ0v) is 11.2. The lowest BCUT2D eigenvalue weighted by Crippen LogP contribution is -2.38. The van der Waals surface area contributed by atoms with Gasteiger partial charge in [0.05, 0.1) is 12.5 Å². The van der Waals surface area contributed by atoms with Gasteiger partial charge >= 0.3 is 0 Å². The number of amides is 1. The molecule has 1 amide bonds. The van der Waals surface area contributed by atoms with Gasteiger partial charge in [0, 0.05) is 26.2 Å². The van der Waals surface area contributed by atoms with Gasteiger partial charge in [-0.3, -0.25) is 4.79 Å². The Kier molecular flexibility index (Phi) is 6.52. The average Bonchev–Trinajstić information content (AvgIpc) is 3.11. The first-order chi connectivity index (χ1) is 8.21. The Morgan fingerprint density at radius 1 is 1.47 bits per heavy atom. The predicted molar refractivity (Wildman–Crippen MR) is 68.7 cm³/mol. The van der Waals surface area contributed by atoms with Gasteiger partial charge in [-0.2, -0.15) is 0 Å². The van der Waals surface area contributed by atoms with Crippen molar-refractivity contribution in [2.24, 2.45) is 11.7 Å². The number of carbonyl (C=O) groups is 1. The van der Waals surface area contributed by atoms with Gasteiger partial charge in [0.25, 0.3) is 0 Å².